The Hall–Kier alpha value is -2.65. The van der Waals surface area contributed by atoms with Crippen molar-refractivity contribution in [2.75, 3.05) is 7.05 Å². The maximum Gasteiger partial charge on any atom is 0.246 e. The van der Waals surface area contributed by atoms with E-state index in [4.69, 9.17) is 0 Å². The summed E-state index contributed by atoms with van der Waals surface area (Å²) in [4.78, 5) is 3.17. The number of rotatable bonds is 5. The van der Waals surface area contributed by atoms with Crippen molar-refractivity contribution < 1.29 is 17.2 Å². The maximum atomic E-state index is 13.9. The van der Waals surface area contributed by atoms with E-state index in [9.17, 15) is 17.2 Å². The molecule has 1 heterocycles. The lowest BCUT2D eigenvalue weighted by molar-refractivity contribution is 0.394. The fourth-order valence-corrected chi connectivity index (χ4v) is 3.92. The molecule has 9 heteroatoms. The van der Waals surface area contributed by atoms with Crippen molar-refractivity contribution in [3.8, 4) is 5.69 Å². The van der Waals surface area contributed by atoms with Crippen LogP contribution in [0.3, 0.4) is 0 Å². The lowest BCUT2D eigenvalue weighted by Crippen LogP contribution is -2.30. The molecule has 1 aromatic heterocycles. The van der Waals surface area contributed by atoms with Gasteiger partial charge in [-0.05, 0) is 42.8 Å². The molecule has 0 fully saturated rings. The van der Waals surface area contributed by atoms with Gasteiger partial charge in [0.05, 0.1) is 5.69 Å². The van der Waals surface area contributed by atoms with E-state index < -0.39 is 32.6 Å². The van der Waals surface area contributed by atoms with Gasteiger partial charge in [-0.2, -0.15) is 9.40 Å². The minimum atomic E-state index is -4.20. The van der Waals surface area contributed by atoms with E-state index in [1.807, 2.05) is 0 Å². The van der Waals surface area contributed by atoms with Crippen LogP contribution in [0.2, 0.25) is 0 Å². The highest BCUT2D eigenvalue weighted by Gasteiger charge is 2.29. The van der Waals surface area contributed by atoms with Crippen LogP contribution in [0.15, 0.2) is 60.0 Å². The number of sulfonamides is 1. The number of benzene rings is 2. The van der Waals surface area contributed by atoms with Gasteiger partial charge < -0.3 is 0 Å². The van der Waals surface area contributed by atoms with Crippen LogP contribution in [0.5, 0.6) is 0 Å². The van der Waals surface area contributed by atoms with Gasteiger partial charge >= 0.3 is 0 Å². The average molecular weight is 378 g/mol. The summed E-state index contributed by atoms with van der Waals surface area (Å²) in [5.74, 6) is -1.81. The quantitative estimate of drug-likeness (QED) is 0.685. The smallest absolute Gasteiger partial charge is 0.223 e. The first-order valence-corrected chi connectivity index (χ1v) is 9.13. The van der Waals surface area contributed by atoms with E-state index in [-0.39, 0.29) is 0 Å². The number of nitrogens with zero attached hydrogens (tertiary/aromatic N) is 4. The third-order valence-electron chi connectivity index (χ3n) is 4.15. The first-order chi connectivity index (χ1) is 12.3. The molecule has 0 saturated heterocycles. The number of aromatic nitrogens is 3. The fourth-order valence-electron chi connectivity index (χ4n) is 2.50. The SMILES string of the molecule is C[C@H](c1ccc(-n2cncn2)cc1)N(C)S(=O)(=O)c1cc(F)ccc1F. The topological polar surface area (TPSA) is 68.1 Å². The van der Waals surface area contributed by atoms with Crippen LogP contribution in [-0.4, -0.2) is 34.5 Å². The zero-order valence-electron chi connectivity index (χ0n) is 14.0. The van der Waals surface area contributed by atoms with Crippen molar-refractivity contribution in [1.82, 2.24) is 19.1 Å². The molecule has 0 N–H and O–H groups in total. The average Bonchev–Trinajstić information content (AvgIpc) is 3.17. The Morgan fingerprint density at radius 3 is 2.42 bits per heavy atom. The van der Waals surface area contributed by atoms with Crippen molar-refractivity contribution in [3.63, 3.8) is 0 Å². The molecule has 0 aliphatic carbocycles. The highest BCUT2D eigenvalue weighted by molar-refractivity contribution is 7.89. The molecular weight excluding hydrogens is 362 g/mol. The molecule has 1 atom stereocenters. The van der Waals surface area contributed by atoms with Crippen LogP contribution in [0.1, 0.15) is 18.5 Å². The van der Waals surface area contributed by atoms with Gasteiger partial charge in [0.15, 0.2) is 0 Å². The lowest BCUT2D eigenvalue weighted by Gasteiger charge is -2.25. The zero-order chi connectivity index (χ0) is 18.9. The lowest BCUT2D eigenvalue weighted by atomic mass is 10.1. The second-order valence-corrected chi connectivity index (χ2v) is 7.67. The number of halogens is 2. The van der Waals surface area contributed by atoms with Crippen LogP contribution in [0.25, 0.3) is 5.69 Å². The van der Waals surface area contributed by atoms with Crippen LogP contribution >= 0.6 is 0 Å². The van der Waals surface area contributed by atoms with Crippen molar-refractivity contribution in [2.45, 2.75) is 17.9 Å². The van der Waals surface area contributed by atoms with E-state index in [1.165, 1.54) is 13.4 Å². The standard InChI is InChI=1S/C17H16F2N4O2S/c1-12(13-3-6-15(7-4-13)23-11-20-10-21-23)22(2)26(24,25)17-9-14(18)5-8-16(17)19/h3-12H,1-2H3/t12-/m1/s1. The fraction of sp³-hybridized carbons (Fsp3) is 0.176. The molecule has 136 valence electrons. The van der Waals surface area contributed by atoms with Crippen molar-refractivity contribution in [3.05, 3.63) is 72.3 Å². The number of hydrogen-bond donors (Lipinski definition) is 0. The highest BCUT2D eigenvalue weighted by atomic mass is 32.2. The molecule has 0 radical (unpaired) electrons. The molecule has 0 unspecified atom stereocenters. The molecule has 26 heavy (non-hydrogen) atoms. The van der Waals surface area contributed by atoms with E-state index >= 15 is 0 Å². The van der Waals surface area contributed by atoms with Crippen molar-refractivity contribution in [1.29, 1.82) is 0 Å². The second-order valence-electron chi connectivity index (χ2n) is 5.70. The zero-order valence-corrected chi connectivity index (χ0v) is 14.9. The Labute approximate surface area is 149 Å². The Balaban J connectivity index is 1.89. The third kappa shape index (κ3) is 3.35. The normalized spacial score (nSPS) is 13.1. The van der Waals surface area contributed by atoms with Gasteiger partial charge in [0.2, 0.25) is 10.0 Å². The molecule has 0 aliphatic rings. The predicted molar refractivity (Wildman–Crippen MR) is 91.1 cm³/mol. The highest BCUT2D eigenvalue weighted by Crippen LogP contribution is 2.28. The summed E-state index contributed by atoms with van der Waals surface area (Å²) in [7, 11) is -2.87. The Kier molecular flexibility index (Phi) is 4.84. The van der Waals surface area contributed by atoms with Crippen LogP contribution < -0.4 is 0 Å². The van der Waals surface area contributed by atoms with Crippen molar-refractivity contribution >= 4 is 10.0 Å². The monoisotopic (exact) mass is 378 g/mol. The molecular formula is C17H16F2N4O2S. The summed E-state index contributed by atoms with van der Waals surface area (Å²) >= 11 is 0. The minimum Gasteiger partial charge on any atom is -0.223 e. The summed E-state index contributed by atoms with van der Waals surface area (Å²) in [5.41, 5.74) is 1.46. The van der Waals surface area contributed by atoms with E-state index in [2.05, 4.69) is 10.1 Å². The van der Waals surface area contributed by atoms with Crippen LogP contribution in [0.4, 0.5) is 8.78 Å². The van der Waals surface area contributed by atoms with Gasteiger partial charge in [-0.3, -0.25) is 0 Å². The van der Waals surface area contributed by atoms with Crippen LogP contribution in [-0.2, 0) is 10.0 Å². The molecule has 0 amide bonds. The van der Waals surface area contributed by atoms with Gasteiger partial charge in [-0.1, -0.05) is 12.1 Å². The van der Waals surface area contributed by atoms with E-state index in [0.29, 0.717) is 11.6 Å². The molecule has 2 aromatic carbocycles. The van der Waals surface area contributed by atoms with Gasteiger partial charge in [0.1, 0.15) is 29.2 Å². The van der Waals surface area contributed by atoms with Gasteiger partial charge in [0, 0.05) is 13.1 Å². The molecule has 0 aliphatic heterocycles. The van der Waals surface area contributed by atoms with Crippen molar-refractivity contribution in [2.24, 2.45) is 0 Å². The van der Waals surface area contributed by atoms with Gasteiger partial charge in [-0.15, -0.1) is 0 Å². The van der Waals surface area contributed by atoms with Gasteiger partial charge in [0.25, 0.3) is 0 Å². The Morgan fingerprint density at radius 1 is 1.12 bits per heavy atom. The van der Waals surface area contributed by atoms with E-state index in [1.54, 1.807) is 42.2 Å². The maximum absolute atomic E-state index is 13.9. The van der Waals surface area contributed by atoms with E-state index in [0.717, 1.165) is 22.1 Å². The molecule has 0 bridgehead atoms. The third-order valence-corrected chi connectivity index (χ3v) is 6.10. The Bertz CT molecular complexity index is 1010. The molecule has 0 spiro atoms. The minimum absolute atomic E-state index is 0.590. The van der Waals surface area contributed by atoms with Gasteiger partial charge in [-0.25, -0.2) is 26.9 Å². The summed E-state index contributed by atoms with van der Waals surface area (Å²) < 4.78 is 55.2. The summed E-state index contributed by atoms with van der Waals surface area (Å²) in [5, 5.41) is 4.02. The van der Waals surface area contributed by atoms with Crippen LogP contribution in [0, 0.1) is 11.6 Å². The second kappa shape index (κ2) is 6.93. The summed E-state index contributed by atoms with van der Waals surface area (Å²) in [6.45, 7) is 1.67. The molecule has 0 saturated carbocycles. The summed E-state index contributed by atoms with van der Waals surface area (Å²) in [6.07, 6.45) is 2.95. The Morgan fingerprint density at radius 2 is 1.81 bits per heavy atom. The summed E-state index contributed by atoms with van der Waals surface area (Å²) in [6, 6.07) is 8.79. The molecule has 3 rings (SSSR count). The first kappa shape index (κ1) is 18.2. The molecule has 3 aromatic rings. The largest absolute Gasteiger partial charge is 0.246 e. The predicted octanol–water partition coefficient (Wildman–Crippen LogP) is 2.93. The first-order valence-electron chi connectivity index (χ1n) is 7.69. The number of hydrogen-bond acceptors (Lipinski definition) is 4. The molecule has 6 nitrogen and oxygen atoms in total.